The third kappa shape index (κ3) is 3.58. The number of aromatic nitrogens is 1. The minimum Gasteiger partial charge on any atom is -0.378 e. The van der Waals surface area contributed by atoms with Crippen LogP contribution in [0.2, 0.25) is 0 Å². The lowest BCUT2D eigenvalue weighted by Gasteiger charge is -2.31. The van der Waals surface area contributed by atoms with Crippen molar-refractivity contribution in [2.75, 3.05) is 32.8 Å². The van der Waals surface area contributed by atoms with Crippen molar-refractivity contribution in [2.24, 2.45) is 7.05 Å². The summed E-state index contributed by atoms with van der Waals surface area (Å²) >= 11 is 0. The van der Waals surface area contributed by atoms with E-state index in [1.54, 1.807) is 21.9 Å². The molecular weight excluding hydrogens is 457 g/mol. The lowest BCUT2D eigenvalue weighted by molar-refractivity contribution is -0.136. The van der Waals surface area contributed by atoms with Crippen LogP contribution in [0.3, 0.4) is 0 Å². The molecule has 6 rings (SSSR count). The second kappa shape index (κ2) is 8.91. The molecule has 1 aromatic heterocycles. The number of halogens is 1. The number of amides is 2. The van der Waals surface area contributed by atoms with Gasteiger partial charge in [0.2, 0.25) is 5.91 Å². The molecule has 0 N–H and O–H groups in total. The second-order valence-corrected chi connectivity index (χ2v) is 9.26. The Morgan fingerprint density at radius 2 is 1.67 bits per heavy atom. The zero-order valence-corrected chi connectivity index (χ0v) is 20.0. The van der Waals surface area contributed by atoms with Crippen LogP contribution in [0.1, 0.15) is 27.5 Å². The average Bonchev–Trinajstić information content (AvgIpc) is 3.36. The van der Waals surface area contributed by atoms with Gasteiger partial charge >= 0.3 is 0 Å². The van der Waals surface area contributed by atoms with Crippen LogP contribution in [0.5, 0.6) is 0 Å². The number of carbonyl (C=O) groups is 2. The summed E-state index contributed by atoms with van der Waals surface area (Å²) in [6, 6.07) is 21.6. The highest BCUT2D eigenvalue weighted by Crippen LogP contribution is 2.46. The molecule has 6 nitrogen and oxygen atoms in total. The topological polar surface area (TPSA) is 54.8 Å². The normalized spacial score (nSPS) is 17.6. The molecule has 1 fully saturated rings. The molecule has 3 aromatic carbocycles. The van der Waals surface area contributed by atoms with Gasteiger partial charge in [0.05, 0.1) is 24.9 Å². The number of fused-ring (bicyclic) bond motifs is 2. The summed E-state index contributed by atoms with van der Waals surface area (Å²) < 4.78 is 21.3. The first-order valence-corrected chi connectivity index (χ1v) is 12.1. The fourth-order valence-electron chi connectivity index (χ4n) is 5.56. The van der Waals surface area contributed by atoms with Crippen LogP contribution in [0.4, 0.5) is 4.39 Å². The summed E-state index contributed by atoms with van der Waals surface area (Å²) in [5.41, 5.74) is 5.17. The van der Waals surface area contributed by atoms with Gasteiger partial charge in [0.1, 0.15) is 12.4 Å². The highest BCUT2D eigenvalue weighted by atomic mass is 19.1. The number of hydrogen-bond donors (Lipinski definition) is 0. The van der Waals surface area contributed by atoms with Gasteiger partial charge in [-0.15, -0.1) is 0 Å². The quantitative estimate of drug-likeness (QED) is 0.433. The Kier molecular flexibility index (Phi) is 5.57. The Morgan fingerprint density at radius 3 is 2.44 bits per heavy atom. The van der Waals surface area contributed by atoms with Gasteiger partial charge in [0.15, 0.2) is 0 Å². The average molecular weight is 484 g/mol. The standard InChI is InChI=1S/C29H26FN3O3/c1-31-24-9-5-4-8-23(24)26(27(31)19-10-12-20(30)13-11-19)28-21-6-2-3-7-22(21)29(35)33(28)18-25(34)32-14-16-36-17-15-32/h2-13,28H,14-18H2,1H3/t28-/m0/s1. The van der Waals surface area contributed by atoms with Crippen molar-refractivity contribution in [3.05, 3.63) is 95.3 Å². The number of ether oxygens (including phenoxy) is 1. The zero-order valence-electron chi connectivity index (χ0n) is 20.0. The molecule has 182 valence electrons. The van der Waals surface area contributed by atoms with Gasteiger partial charge in [0, 0.05) is 42.2 Å². The Bertz CT molecular complexity index is 1470. The van der Waals surface area contributed by atoms with E-state index in [1.165, 1.54) is 12.1 Å². The number of hydrogen-bond acceptors (Lipinski definition) is 3. The molecule has 0 saturated carbocycles. The van der Waals surface area contributed by atoms with E-state index in [1.807, 2.05) is 55.6 Å². The van der Waals surface area contributed by atoms with Crippen LogP contribution in [0.25, 0.3) is 22.2 Å². The van der Waals surface area contributed by atoms with E-state index in [0.29, 0.717) is 31.9 Å². The number of nitrogens with zero attached hydrogens (tertiary/aromatic N) is 3. The third-order valence-electron chi connectivity index (χ3n) is 7.26. The van der Waals surface area contributed by atoms with E-state index in [2.05, 4.69) is 4.57 Å². The maximum atomic E-state index is 13.8. The van der Waals surface area contributed by atoms with Crippen molar-refractivity contribution < 1.29 is 18.7 Å². The SMILES string of the molecule is Cn1c(-c2ccc(F)cc2)c([C@@H]2c3ccccc3C(=O)N2CC(=O)N2CCOCC2)c2ccccc21. The van der Waals surface area contributed by atoms with Crippen molar-refractivity contribution >= 4 is 22.7 Å². The number of benzene rings is 3. The predicted octanol–water partition coefficient (Wildman–Crippen LogP) is 4.39. The summed E-state index contributed by atoms with van der Waals surface area (Å²) in [7, 11) is 1.98. The molecule has 0 spiro atoms. The lowest BCUT2D eigenvalue weighted by Crippen LogP contribution is -2.46. The summed E-state index contributed by atoms with van der Waals surface area (Å²) in [6.45, 7) is 2.02. The van der Waals surface area contributed by atoms with Gasteiger partial charge in [-0.3, -0.25) is 9.59 Å². The lowest BCUT2D eigenvalue weighted by atomic mass is 9.93. The van der Waals surface area contributed by atoms with Gasteiger partial charge in [-0.2, -0.15) is 0 Å². The highest BCUT2D eigenvalue weighted by molar-refractivity contribution is 6.03. The van der Waals surface area contributed by atoms with Crippen molar-refractivity contribution in [3.63, 3.8) is 0 Å². The smallest absolute Gasteiger partial charge is 0.255 e. The van der Waals surface area contributed by atoms with E-state index in [0.717, 1.165) is 33.3 Å². The van der Waals surface area contributed by atoms with E-state index in [-0.39, 0.29) is 24.2 Å². The molecule has 0 aliphatic carbocycles. The molecule has 0 bridgehead atoms. The number of carbonyl (C=O) groups excluding carboxylic acids is 2. The Labute approximate surface area is 208 Å². The first-order valence-electron chi connectivity index (χ1n) is 12.1. The molecule has 36 heavy (non-hydrogen) atoms. The minimum absolute atomic E-state index is 0.0236. The number of morpholine rings is 1. The largest absolute Gasteiger partial charge is 0.378 e. The molecule has 1 atom stereocenters. The van der Waals surface area contributed by atoms with Crippen molar-refractivity contribution in [2.45, 2.75) is 6.04 Å². The van der Waals surface area contributed by atoms with Gasteiger partial charge in [-0.25, -0.2) is 4.39 Å². The molecule has 7 heteroatoms. The third-order valence-corrected chi connectivity index (χ3v) is 7.26. The first kappa shape index (κ1) is 22.5. The van der Waals surface area contributed by atoms with Gasteiger partial charge in [-0.1, -0.05) is 36.4 Å². The van der Waals surface area contributed by atoms with E-state index in [9.17, 15) is 14.0 Å². The number of aryl methyl sites for hydroxylation is 1. The monoisotopic (exact) mass is 483 g/mol. The Morgan fingerprint density at radius 1 is 0.972 bits per heavy atom. The summed E-state index contributed by atoms with van der Waals surface area (Å²) in [6.07, 6.45) is 0. The molecule has 1 saturated heterocycles. The van der Waals surface area contributed by atoms with E-state index >= 15 is 0 Å². The summed E-state index contributed by atoms with van der Waals surface area (Å²) in [5, 5.41) is 0.998. The van der Waals surface area contributed by atoms with Crippen LogP contribution >= 0.6 is 0 Å². The fourth-order valence-corrected chi connectivity index (χ4v) is 5.56. The van der Waals surface area contributed by atoms with Crippen LogP contribution in [-0.4, -0.2) is 59.0 Å². The van der Waals surface area contributed by atoms with Gasteiger partial charge in [0.25, 0.3) is 5.91 Å². The van der Waals surface area contributed by atoms with Gasteiger partial charge < -0.3 is 19.1 Å². The van der Waals surface area contributed by atoms with Crippen LogP contribution in [-0.2, 0) is 16.6 Å². The second-order valence-electron chi connectivity index (χ2n) is 9.26. The summed E-state index contributed by atoms with van der Waals surface area (Å²) in [4.78, 5) is 30.5. The molecule has 4 aromatic rings. The first-order chi connectivity index (χ1) is 17.5. The van der Waals surface area contributed by atoms with Crippen molar-refractivity contribution in [1.82, 2.24) is 14.4 Å². The molecule has 2 aliphatic rings. The molecule has 2 amide bonds. The molecule has 0 radical (unpaired) electrons. The van der Waals surface area contributed by atoms with Gasteiger partial charge in [-0.05, 0) is 47.5 Å². The van der Waals surface area contributed by atoms with Crippen LogP contribution in [0, 0.1) is 5.82 Å². The Hall–Kier alpha value is -3.97. The maximum absolute atomic E-state index is 13.8. The van der Waals surface area contributed by atoms with E-state index < -0.39 is 6.04 Å². The summed E-state index contributed by atoms with van der Waals surface area (Å²) in [5.74, 6) is -0.554. The highest BCUT2D eigenvalue weighted by Gasteiger charge is 2.42. The molecule has 2 aliphatic heterocycles. The number of rotatable bonds is 4. The van der Waals surface area contributed by atoms with Crippen molar-refractivity contribution in [3.8, 4) is 11.3 Å². The minimum atomic E-state index is -0.454. The molecule has 0 unspecified atom stereocenters. The fraction of sp³-hybridized carbons (Fsp3) is 0.241. The van der Waals surface area contributed by atoms with Crippen LogP contribution in [0.15, 0.2) is 72.8 Å². The zero-order chi connectivity index (χ0) is 24.8. The van der Waals surface area contributed by atoms with Crippen LogP contribution < -0.4 is 0 Å². The van der Waals surface area contributed by atoms with Crippen molar-refractivity contribution in [1.29, 1.82) is 0 Å². The predicted molar refractivity (Wildman–Crippen MR) is 135 cm³/mol. The number of para-hydroxylation sites is 1. The maximum Gasteiger partial charge on any atom is 0.255 e. The molecular formula is C29H26FN3O3. The molecule has 3 heterocycles. The van der Waals surface area contributed by atoms with E-state index in [4.69, 9.17) is 4.74 Å². The Balaban J connectivity index is 1.54.